The summed E-state index contributed by atoms with van der Waals surface area (Å²) in [7, 11) is 0. The second-order valence-corrected chi connectivity index (χ2v) is 8.51. The summed E-state index contributed by atoms with van der Waals surface area (Å²) in [5.74, 6) is -0.293. The molecule has 1 aromatic carbocycles. The van der Waals surface area contributed by atoms with E-state index in [9.17, 15) is 9.59 Å². The summed E-state index contributed by atoms with van der Waals surface area (Å²) < 4.78 is 0. The van der Waals surface area contributed by atoms with Crippen molar-refractivity contribution in [3.05, 3.63) is 36.5 Å². The molecule has 1 aliphatic heterocycles. The number of rotatable bonds is 2. The zero-order valence-electron chi connectivity index (χ0n) is 14.1. The fourth-order valence-corrected chi connectivity index (χ4v) is 5.03. The van der Waals surface area contributed by atoms with E-state index in [4.69, 9.17) is 0 Å². The number of anilines is 1. The maximum absolute atomic E-state index is 13.1. The molecule has 0 spiro atoms. The zero-order valence-corrected chi connectivity index (χ0v) is 14.9. The molecule has 5 heteroatoms. The van der Waals surface area contributed by atoms with Gasteiger partial charge < -0.3 is 0 Å². The van der Waals surface area contributed by atoms with Gasteiger partial charge in [0.2, 0.25) is 11.8 Å². The number of carbonyl (C=O) groups is 2. The first kappa shape index (κ1) is 15.5. The maximum Gasteiger partial charge on any atom is 0.242 e. The predicted molar refractivity (Wildman–Crippen MR) is 94.7 cm³/mol. The van der Waals surface area contributed by atoms with E-state index in [1.54, 1.807) is 6.20 Å². The number of aromatic nitrogens is 1. The van der Waals surface area contributed by atoms with Crippen LogP contribution in [0.25, 0.3) is 10.4 Å². The Hall–Kier alpha value is -2.01. The predicted octanol–water partition coefficient (Wildman–Crippen LogP) is 4.13. The van der Waals surface area contributed by atoms with Crippen LogP contribution in [0.2, 0.25) is 0 Å². The fraction of sp³-hybridized carbons (Fsp3) is 0.421. The SMILES string of the molecule is CC12CCC(C(=O)N(c3ncc(-c4ccccc4)s3)C1=O)C2(C)C. The van der Waals surface area contributed by atoms with Gasteiger partial charge in [-0.05, 0) is 23.8 Å². The van der Waals surface area contributed by atoms with Gasteiger partial charge >= 0.3 is 0 Å². The van der Waals surface area contributed by atoms with Crippen LogP contribution in [0.3, 0.4) is 0 Å². The quantitative estimate of drug-likeness (QED) is 0.773. The molecule has 4 rings (SSSR count). The lowest BCUT2D eigenvalue weighted by atomic mass is 9.62. The monoisotopic (exact) mass is 340 g/mol. The Balaban J connectivity index is 1.75. The smallest absolute Gasteiger partial charge is 0.242 e. The van der Waals surface area contributed by atoms with Gasteiger partial charge in [-0.3, -0.25) is 9.59 Å². The third-order valence-corrected chi connectivity index (χ3v) is 7.19. The minimum atomic E-state index is -0.496. The van der Waals surface area contributed by atoms with Crippen molar-refractivity contribution in [1.29, 1.82) is 0 Å². The Bertz CT molecular complexity index is 827. The number of fused-ring (bicyclic) bond motifs is 2. The lowest BCUT2D eigenvalue weighted by Gasteiger charge is -2.46. The first-order valence-corrected chi connectivity index (χ1v) is 9.07. The molecule has 2 heterocycles. The second kappa shape index (κ2) is 4.99. The number of hydrogen-bond acceptors (Lipinski definition) is 4. The molecule has 1 aliphatic carbocycles. The molecule has 2 aromatic rings. The number of imide groups is 1. The molecule has 0 N–H and O–H groups in total. The van der Waals surface area contributed by atoms with Crippen molar-refractivity contribution in [2.45, 2.75) is 33.6 Å². The normalized spacial score (nSPS) is 28.5. The second-order valence-electron chi connectivity index (χ2n) is 7.50. The summed E-state index contributed by atoms with van der Waals surface area (Å²) in [6, 6.07) is 9.91. The van der Waals surface area contributed by atoms with Crippen LogP contribution in [0.1, 0.15) is 33.6 Å². The van der Waals surface area contributed by atoms with Crippen molar-refractivity contribution in [2.75, 3.05) is 4.90 Å². The van der Waals surface area contributed by atoms with Gasteiger partial charge in [0, 0.05) is 12.1 Å². The van der Waals surface area contributed by atoms with E-state index >= 15 is 0 Å². The molecule has 2 aliphatic rings. The van der Waals surface area contributed by atoms with Gasteiger partial charge in [-0.25, -0.2) is 9.88 Å². The third kappa shape index (κ3) is 1.88. The Morgan fingerprint density at radius 1 is 1.17 bits per heavy atom. The molecular formula is C19H20N2O2S. The van der Waals surface area contributed by atoms with Crippen LogP contribution in [-0.2, 0) is 9.59 Å². The lowest BCUT2D eigenvalue weighted by molar-refractivity contribution is -0.146. The highest BCUT2D eigenvalue weighted by Crippen LogP contribution is 2.60. The third-order valence-electron chi connectivity index (χ3n) is 6.16. The Morgan fingerprint density at radius 2 is 1.88 bits per heavy atom. The highest BCUT2D eigenvalue weighted by atomic mass is 32.1. The number of nitrogens with zero attached hydrogens (tertiary/aromatic N) is 2. The number of amides is 2. The van der Waals surface area contributed by atoms with E-state index in [2.05, 4.69) is 18.8 Å². The van der Waals surface area contributed by atoms with Crippen molar-refractivity contribution in [3.8, 4) is 10.4 Å². The zero-order chi connectivity index (χ0) is 17.1. The van der Waals surface area contributed by atoms with Crippen molar-refractivity contribution < 1.29 is 9.59 Å². The highest BCUT2D eigenvalue weighted by Gasteiger charge is 2.65. The fourth-order valence-electron chi connectivity index (χ4n) is 4.10. The topological polar surface area (TPSA) is 50.3 Å². The van der Waals surface area contributed by atoms with Crippen molar-refractivity contribution in [1.82, 2.24) is 4.98 Å². The van der Waals surface area contributed by atoms with Gasteiger partial charge in [0.1, 0.15) is 0 Å². The first-order chi connectivity index (χ1) is 11.4. The minimum Gasteiger partial charge on any atom is -0.274 e. The van der Waals surface area contributed by atoms with Crippen LogP contribution >= 0.6 is 11.3 Å². The summed E-state index contributed by atoms with van der Waals surface area (Å²) in [6.45, 7) is 6.10. The Morgan fingerprint density at radius 3 is 2.58 bits per heavy atom. The molecule has 0 radical (unpaired) electrons. The van der Waals surface area contributed by atoms with Gasteiger partial charge in [-0.2, -0.15) is 0 Å². The van der Waals surface area contributed by atoms with Gasteiger partial charge in [0.05, 0.1) is 10.3 Å². The van der Waals surface area contributed by atoms with Crippen LogP contribution in [0.15, 0.2) is 36.5 Å². The van der Waals surface area contributed by atoms with E-state index in [0.29, 0.717) is 5.13 Å². The summed E-state index contributed by atoms with van der Waals surface area (Å²) in [5.41, 5.74) is 0.258. The number of carbonyl (C=O) groups excluding carboxylic acids is 2. The molecule has 1 saturated heterocycles. The first-order valence-electron chi connectivity index (χ1n) is 8.26. The standard InChI is InChI=1S/C19H20N2O2S/c1-18(2)13-9-10-19(18,3)16(23)21(15(13)22)17-20-11-14(24-17)12-7-5-4-6-8-12/h4-8,11,13H,9-10H2,1-3H3. The average Bonchev–Trinajstić information content (AvgIpc) is 3.10. The lowest BCUT2D eigenvalue weighted by Crippen LogP contribution is -2.59. The van der Waals surface area contributed by atoms with Crippen molar-refractivity contribution >= 4 is 28.3 Å². The minimum absolute atomic E-state index is 0.0889. The van der Waals surface area contributed by atoms with Crippen LogP contribution in [0, 0.1) is 16.7 Å². The Kier molecular flexibility index (Phi) is 3.23. The molecule has 2 unspecified atom stereocenters. The molecule has 2 amide bonds. The summed E-state index contributed by atoms with van der Waals surface area (Å²) in [5, 5.41) is 0.498. The van der Waals surface area contributed by atoms with Crippen molar-refractivity contribution in [3.63, 3.8) is 0 Å². The van der Waals surface area contributed by atoms with E-state index in [0.717, 1.165) is 23.3 Å². The molecule has 24 heavy (non-hydrogen) atoms. The van der Waals surface area contributed by atoms with Crippen LogP contribution < -0.4 is 4.90 Å². The van der Waals surface area contributed by atoms with Crippen molar-refractivity contribution in [2.24, 2.45) is 16.7 Å². The molecule has 124 valence electrons. The van der Waals surface area contributed by atoms with Gasteiger partial charge in [0.25, 0.3) is 0 Å². The number of piperidine rings is 1. The van der Waals surface area contributed by atoms with E-state index in [1.165, 1.54) is 16.2 Å². The maximum atomic E-state index is 13.1. The van der Waals surface area contributed by atoms with Crippen LogP contribution in [0.5, 0.6) is 0 Å². The molecule has 1 saturated carbocycles. The van der Waals surface area contributed by atoms with Gasteiger partial charge in [-0.1, -0.05) is 62.4 Å². The summed E-state index contributed by atoms with van der Waals surface area (Å²) in [6.07, 6.45) is 3.30. The molecule has 4 nitrogen and oxygen atoms in total. The molecule has 2 bridgehead atoms. The highest BCUT2D eigenvalue weighted by molar-refractivity contribution is 7.19. The average molecular weight is 340 g/mol. The van der Waals surface area contributed by atoms with E-state index < -0.39 is 5.41 Å². The number of benzene rings is 1. The molecular weight excluding hydrogens is 320 g/mol. The summed E-state index contributed by atoms with van der Waals surface area (Å²) in [4.78, 5) is 32.8. The van der Waals surface area contributed by atoms with E-state index in [-0.39, 0.29) is 23.1 Å². The van der Waals surface area contributed by atoms with Crippen LogP contribution in [0.4, 0.5) is 5.13 Å². The molecule has 2 fully saturated rings. The van der Waals surface area contributed by atoms with E-state index in [1.807, 2.05) is 37.3 Å². The van der Waals surface area contributed by atoms with Gasteiger partial charge in [-0.15, -0.1) is 0 Å². The largest absolute Gasteiger partial charge is 0.274 e. The number of thiazole rings is 1. The van der Waals surface area contributed by atoms with Gasteiger partial charge in [0.15, 0.2) is 5.13 Å². The Labute approximate surface area is 145 Å². The summed E-state index contributed by atoms with van der Waals surface area (Å²) >= 11 is 1.40. The van der Waals surface area contributed by atoms with Crippen LogP contribution in [-0.4, -0.2) is 16.8 Å². The number of hydrogen-bond donors (Lipinski definition) is 0. The molecule has 1 aromatic heterocycles. The molecule has 2 atom stereocenters.